The normalized spacial score (nSPS) is 22.2. The summed E-state index contributed by atoms with van der Waals surface area (Å²) in [7, 11) is -3.22. The summed E-state index contributed by atoms with van der Waals surface area (Å²) < 4.78 is 32.0. The van der Waals surface area contributed by atoms with Crippen LogP contribution in [0.1, 0.15) is 43.2 Å². The van der Waals surface area contributed by atoms with E-state index in [9.17, 15) is 13.2 Å². The fourth-order valence-corrected chi connectivity index (χ4v) is 5.74. The number of hydrogen-bond donors (Lipinski definition) is 2. The number of benzene rings is 1. The summed E-state index contributed by atoms with van der Waals surface area (Å²) in [6, 6.07) is 8.54. The molecule has 2 aliphatic rings. The van der Waals surface area contributed by atoms with Gasteiger partial charge in [-0.1, -0.05) is 6.07 Å². The van der Waals surface area contributed by atoms with Gasteiger partial charge in [0, 0.05) is 12.6 Å². The highest BCUT2D eigenvalue weighted by molar-refractivity contribution is 7.91. The molecule has 3 heterocycles. The Bertz CT molecular complexity index is 1230. The molecule has 2 aliphatic heterocycles. The third kappa shape index (κ3) is 4.26. The fraction of sp³-hybridized carbons (Fsp3) is 0.381. The van der Waals surface area contributed by atoms with Crippen molar-refractivity contribution < 1.29 is 22.5 Å². The number of esters is 1. The zero-order chi connectivity index (χ0) is 23.1. The lowest BCUT2D eigenvalue weighted by Gasteiger charge is -2.19. The molecule has 2 aromatic rings. The summed E-state index contributed by atoms with van der Waals surface area (Å²) in [6.45, 7) is 5.39. The Balaban J connectivity index is 1.76. The number of sulfone groups is 1. The van der Waals surface area contributed by atoms with Crippen LogP contribution in [0.2, 0.25) is 0 Å². The summed E-state index contributed by atoms with van der Waals surface area (Å²) in [5, 5.41) is 0. The summed E-state index contributed by atoms with van der Waals surface area (Å²) in [5.41, 5.74) is 2.63. The molecule has 1 spiro atoms. The number of nitrogens with one attached hydrogen (secondary N) is 1. The first-order valence-electron chi connectivity index (χ1n) is 10.1. The van der Waals surface area contributed by atoms with Crippen LogP contribution in [0.5, 0.6) is 0 Å². The first-order chi connectivity index (χ1) is 15.0. The van der Waals surface area contributed by atoms with Gasteiger partial charge in [-0.05, 0) is 50.0 Å². The van der Waals surface area contributed by atoms with Gasteiger partial charge in [-0.15, -0.1) is 0 Å². The van der Waals surface area contributed by atoms with Gasteiger partial charge in [0.05, 0.1) is 11.3 Å². The van der Waals surface area contributed by atoms with Crippen LogP contribution < -0.4 is 11.3 Å². The van der Waals surface area contributed by atoms with Crippen LogP contribution in [0.25, 0.3) is 0 Å². The number of hydrazine groups is 1. The molecule has 1 atom stereocenters. The quantitative estimate of drug-likeness (QED) is 0.173. The van der Waals surface area contributed by atoms with E-state index in [-0.39, 0.29) is 17.3 Å². The predicted molar refractivity (Wildman–Crippen MR) is 118 cm³/mol. The maximum absolute atomic E-state index is 12.6. The third-order valence-electron chi connectivity index (χ3n) is 5.21. The molecule has 0 bridgehead atoms. The molecule has 0 radical (unpaired) electrons. The van der Waals surface area contributed by atoms with Crippen molar-refractivity contribution in [3.05, 3.63) is 54.1 Å². The molecule has 0 amide bonds. The Hall–Kier alpha value is -3.18. The number of nitrogens with two attached hydrogens (primary N) is 1. The lowest BCUT2D eigenvalue weighted by molar-refractivity contribution is -0.412. The minimum absolute atomic E-state index is 0.0584. The highest BCUT2D eigenvalue weighted by Gasteiger charge is 2.69. The minimum atomic E-state index is -3.22. The van der Waals surface area contributed by atoms with Crippen LogP contribution in [0.15, 0.2) is 47.8 Å². The Morgan fingerprint density at radius 2 is 2.09 bits per heavy atom. The van der Waals surface area contributed by atoms with Crippen molar-refractivity contribution in [1.29, 1.82) is 0 Å². The van der Waals surface area contributed by atoms with E-state index in [1.807, 2.05) is 10.6 Å². The molecule has 32 heavy (non-hydrogen) atoms. The molecule has 168 valence electrons. The average molecular weight is 458 g/mol. The molecule has 1 aromatic heterocycles. The van der Waals surface area contributed by atoms with E-state index in [0.29, 0.717) is 29.2 Å². The zero-order valence-electron chi connectivity index (χ0n) is 18.1. The number of carbonyl (C=O) groups excluding carboxylic acids is 1. The van der Waals surface area contributed by atoms with Crippen LogP contribution in [0.4, 0.5) is 5.69 Å². The molecule has 10 nitrogen and oxygen atoms in total. The van der Waals surface area contributed by atoms with Gasteiger partial charge in [-0.2, -0.15) is 0 Å². The number of amidine groups is 2. The minimum Gasteiger partial charge on any atom is -0.456 e. The summed E-state index contributed by atoms with van der Waals surface area (Å²) in [4.78, 5) is 25.2. The Morgan fingerprint density at radius 1 is 1.31 bits per heavy atom. The van der Waals surface area contributed by atoms with Crippen molar-refractivity contribution in [2.45, 2.75) is 38.3 Å². The van der Waals surface area contributed by atoms with Crippen LogP contribution in [-0.2, 0) is 14.6 Å². The Kier molecular flexibility index (Phi) is 5.33. The van der Waals surface area contributed by atoms with E-state index in [1.165, 1.54) is 6.33 Å². The van der Waals surface area contributed by atoms with Gasteiger partial charge in [0.1, 0.15) is 29.1 Å². The highest BCUT2D eigenvalue weighted by atomic mass is 32.2. The van der Waals surface area contributed by atoms with Crippen molar-refractivity contribution in [2.75, 3.05) is 11.5 Å². The SMILES string of the molecule is CC(C)(C)OC(=O)c1cccc([N+]2=C(N=C(NN)c3ccncn3)[C@]23CCS(=O)(=O)C3)c1. The second-order valence-electron chi connectivity index (χ2n) is 8.78. The van der Waals surface area contributed by atoms with Crippen LogP contribution in [-0.4, -0.2) is 63.2 Å². The molecular weight excluding hydrogens is 432 g/mol. The predicted octanol–water partition coefficient (Wildman–Crippen LogP) is 0.955. The van der Waals surface area contributed by atoms with E-state index in [2.05, 4.69) is 20.4 Å². The molecule has 0 saturated carbocycles. The first-order valence-corrected chi connectivity index (χ1v) is 11.9. The van der Waals surface area contributed by atoms with E-state index in [4.69, 9.17) is 10.6 Å². The molecule has 1 aromatic carbocycles. The Morgan fingerprint density at radius 3 is 2.69 bits per heavy atom. The molecule has 1 fully saturated rings. The second-order valence-corrected chi connectivity index (χ2v) is 11.0. The van der Waals surface area contributed by atoms with Gasteiger partial charge < -0.3 is 4.74 Å². The first kappa shape index (κ1) is 22.0. The summed E-state index contributed by atoms with van der Waals surface area (Å²) in [5.74, 6) is 6.06. The fourth-order valence-electron chi connectivity index (χ4n) is 3.82. The number of hydrogen-bond acceptors (Lipinski definition) is 8. The van der Waals surface area contributed by atoms with Gasteiger partial charge in [0.15, 0.2) is 9.84 Å². The van der Waals surface area contributed by atoms with Gasteiger partial charge in [-0.3, -0.25) is 5.43 Å². The highest BCUT2D eigenvalue weighted by Crippen LogP contribution is 2.44. The van der Waals surface area contributed by atoms with Crippen LogP contribution in [0, 0.1) is 0 Å². The molecule has 11 heteroatoms. The Labute approximate surface area is 186 Å². The van der Waals surface area contributed by atoms with Crippen molar-refractivity contribution >= 4 is 33.2 Å². The van der Waals surface area contributed by atoms with Crippen molar-refractivity contribution in [3.8, 4) is 0 Å². The molecule has 1 saturated heterocycles. The maximum Gasteiger partial charge on any atom is 0.352 e. The van der Waals surface area contributed by atoms with Gasteiger partial charge >= 0.3 is 11.8 Å². The number of rotatable bonds is 3. The number of aromatic nitrogens is 2. The van der Waals surface area contributed by atoms with E-state index in [1.54, 1.807) is 51.2 Å². The molecule has 4 rings (SSSR count). The molecule has 0 aliphatic carbocycles. The van der Waals surface area contributed by atoms with Gasteiger partial charge in [0.25, 0.3) is 5.84 Å². The van der Waals surface area contributed by atoms with Crippen molar-refractivity contribution in [2.24, 2.45) is 10.8 Å². The largest absolute Gasteiger partial charge is 0.456 e. The maximum atomic E-state index is 12.6. The molecule has 0 unspecified atom stereocenters. The number of aliphatic imine (C=N–C) groups is 1. The van der Waals surface area contributed by atoms with Crippen molar-refractivity contribution in [3.63, 3.8) is 0 Å². The number of nitrogens with zero attached hydrogens (tertiary/aromatic N) is 4. The third-order valence-corrected chi connectivity index (χ3v) is 6.95. The van der Waals surface area contributed by atoms with E-state index < -0.39 is 26.9 Å². The summed E-state index contributed by atoms with van der Waals surface area (Å²) >= 11 is 0. The average Bonchev–Trinajstić information content (AvgIpc) is 3.21. The molecular formula is C21H25N6O4S+. The van der Waals surface area contributed by atoms with Crippen LogP contribution in [0.3, 0.4) is 0 Å². The number of carbonyl (C=O) groups is 1. The monoisotopic (exact) mass is 457 g/mol. The molecule has 3 N–H and O–H groups in total. The second kappa shape index (κ2) is 7.75. The number of ether oxygens (including phenoxy) is 1. The zero-order valence-corrected chi connectivity index (χ0v) is 18.9. The lowest BCUT2D eigenvalue weighted by atomic mass is 10.1. The smallest absolute Gasteiger partial charge is 0.352 e. The topological polar surface area (TPSA) is 140 Å². The van der Waals surface area contributed by atoms with E-state index >= 15 is 0 Å². The summed E-state index contributed by atoms with van der Waals surface area (Å²) in [6.07, 6.45) is 3.33. The van der Waals surface area contributed by atoms with E-state index in [0.717, 1.165) is 0 Å². The van der Waals surface area contributed by atoms with Gasteiger partial charge in [-0.25, -0.2) is 33.6 Å². The standard InChI is InChI=1S/C21H24N6O4S/c1-20(2,3)31-18(28)14-5-4-6-15(11-14)27-19(21(27)8-10-32(29,30)12-21)25-17(26-22)16-7-9-23-13-24-16/h4-7,9,11,13H,8,10,12H2,1-3H3,(H2,22,23,24)/p+1/t21-,27?/m1/s1. The van der Waals surface area contributed by atoms with Gasteiger partial charge in [0.2, 0.25) is 5.54 Å². The lowest BCUT2D eigenvalue weighted by Crippen LogP contribution is -2.33. The van der Waals surface area contributed by atoms with Crippen LogP contribution >= 0.6 is 0 Å². The van der Waals surface area contributed by atoms with Crippen molar-refractivity contribution in [1.82, 2.24) is 15.4 Å².